The highest BCUT2D eigenvalue weighted by molar-refractivity contribution is 5.90. The third-order valence-corrected chi connectivity index (χ3v) is 6.69. The maximum absolute atomic E-state index is 11.7. The largest absolute Gasteiger partial charge is 0.349 e. The van der Waals surface area contributed by atoms with Crippen LogP contribution in [0.5, 0.6) is 0 Å². The van der Waals surface area contributed by atoms with Crippen LogP contribution < -0.4 is 5.32 Å². The fourth-order valence-electron chi connectivity index (χ4n) is 4.86. The fraction of sp³-hybridized carbons (Fsp3) is 0.267. The van der Waals surface area contributed by atoms with Gasteiger partial charge in [0.25, 0.3) is 0 Å². The van der Waals surface area contributed by atoms with Crippen molar-refractivity contribution in [3.8, 4) is 0 Å². The molecule has 0 saturated carbocycles. The van der Waals surface area contributed by atoms with Crippen molar-refractivity contribution in [3.05, 3.63) is 106 Å². The van der Waals surface area contributed by atoms with Gasteiger partial charge in [-0.15, -0.1) is 0 Å². The van der Waals surface area contributed by atoms with Gasteiger partial charge in [-0.3, -0.25) is 9.59 Å². The van der Waals surface area contributed by atoms with Crippen LogP contribution in [-0.4, -0.2) is 36.3 Å². The summed E-state index contributed by atoms with van der Waals surface area (Å²) in [5.74, 6) is -0.0734. The number of carbonyl (C=O) groups excluding carboxylic acids is 2. The van der Waals surface area contributed by atoms with Crippen LogP contribution in [0.4, 0.5) is 0 Å². The van der Waals surface area contributed by atoms with Crippen LogP contribution in [0.2, 0.25) is 0 Å². The summed E-state index contributed by atoms with van der Waals surface area (Å²) in [6.45, 7) is 13.4. The Morgan fingerprint density at radius 2 is 1.74 bits per heavy atom. The smallest absolute Gasteiger partial charge is 0.246 e. The summed E-state index contributed by atoms with van der Waals surface area (Å²) >= 11 is 0. The molecule has 4 heteroatoms. The van der Waals surface area contributed by atoms with Crippen molar-refractivity contribution in [2.75, 3.05) is 19.6 Å². The van der Waals surface area contributed by atoms with Gasteiger partial charge < -0.3 is 10.2 Å². The molecule has 1 N–H and O–H groups in total. The van der Waals surface area contributed by atoms with E-state index in [1.807, 2.05) is 4.90 Å². The summed E-state index contributed by atoms with van der Waals surface area (Å²) in [5, 5.41) is 2.80. The molecule has 2 amide bonds. The molecule has 1 aliphatic heterocycles. The Labute approximate surface area is 202 Å². The maximum Gasteiger partial charge on any atom is 0.246 e. The second kappa shape index (κ2) is 10.1. The van der Waals surface area contributed by atoms with Crippen LogP contribution in [0.1, 0.15) is 39.8 Å². The zero-order valence-corrected chi connectivity index (χ0v) is 20.1. The number of carbonyl (C=O) groups is 2. The van der Waals surface area contributed by atoms with E-state index >= 15 is 0 Å². The van der Waals surface area contributed by atoms with Crippen LogP contribution in [0, 0.1) is 13.8 Å². The second-order valence-corrected chi connectivity index (χ2v) is 9.24. The quantitative estimate of drug-likeness (QED) is 0.667. The van der Waals surface area contributed by atoms with Gasteiger partial charge in [-0.1, -0.05) is 72.3 Å². The van der Waals surface area contributed by atoms with E-state index in [0.29, 0.717) is 6.54 Å². The number of aryl methyl sites for hydroxylation is 2. The Morgan fingerprint density at radius 1 is 1.00 bits per heavy atom. The van der Waals surface area contributed by atoms with Crippen molar-refractivity contribution in [2.45, 2.75) is 33.1 Å². The van der Waals surface area contributed by atoms with Gasteiger partial charge in [0.05, 0.1) is 0 Å². The predicted molar refractivity (Wildman–Crippen MR) is 139 cm³/mol. The first kappa shape index (κ1) is 23.5. The zero-order chi connectivity index (χ0) is 24.2. The normalized spacial score (nSPS) is 15.4. The molecule has 2 aromatic rings. The van der Waals surface area contributed by atoms with Gasteiger partial charge in [0, 0.05) is 19.6 Å². The number of fused-ring (bicyclic) bond motifs is 3. The Morgan fingerprint density at radius 3 is 2.47 bits per heavy atom. The Hall–Kier alpha value is -3.66. The first-order chi connectivity index (χ1) is 16.4. The minimum atomic E-state index is -0.118. The van der Waals surface area contributed by atoms with E-state index < -0.39 is 0 Å². The van der Waals surface area contributed by atoms with E-state index in [-0.39, 0.29) is 11.8 Å². The number of nitrogens with one attached hydrogen (secondary N) is 1. The molecular formula is C30H32N2O2. The lowest BCUT2D eigenvalue weighted by Gasteiger charge is -2.27. The van der Waals surface area contributed by atoms with Crippen LogP contribution in [0.3, 0.4) is 0 Å². The van der Waals surface area contributed by atoms with Gasteiger partial charge in [0.1, 0.15) is 0 Å². The Balaban J connectivity index is 0.000000162. The molecule has 0 aromatic heterocycles. The van der Waals surface area contributed by atoms with Crippen molar-refractivity contribution >= 4 is 23.5 Å². The van der Waals surface area contributed by atoms with E-state index in [1.165, 1.54) is 62.3 Å². The summed E-state index contributed by atoms with van der Waals surface area (Å²) in [7, 11) is 0. The van der Waals surface area contributed by atoms with Crippen LogP contribution in [0.25, 0.3) is 11.6 Å². The summed E-state index contributed by atoms with van der Waals surface area (Å²) in [6, 6.07) is 13.1. The highest BCUT2D eigenvalue weighted by atomic mass is 16.2. The topological polar surface area (TPSA) is 49.4 Å². The molecular weight excluding hydrogens is 420 g/mol. The highest BCUT2D eigenvalue weighted by Crippen LogP contribution is 2.38. The molecule has 0 saturated heterocycles. The maximum atomic E-state index is 11.7. The number of amides is 2. The van der Waals surface area contributed by atoms with Crippen LogP contribution in [0.15, 0.2) is 72.9 Å². The zero-order valence-electron chi connectivity index (χ0n) is 20.1. The van der Waals surface area contributed by atoms with E-state index in [0.717, 1.165) is 32.4 Å². The van der Waals surface area contributed by atoms with Crippen LogP contribution in [-0.2, 0) is 22.4 Å². The fourth-order valence-corrected chi connectivity index (χ4v) is 4.86. The lowest BCUT2D eigenvalue weighted by Crippen LogP contribution is -2.34. The number of hydrogen-bond donors (Lipinski definition) is 1. The monoisotopic (exact) mass is 452 g/mol. The van der Waals surface area contributed by atoms with Crippen molar-refractivity contribution in [2.24, 2.45) is 0 Å². The summed E-state index contributed by atoms with van der Waals surface area (Å²) in [6.07, 6.45) is 7.88. The molecule has 0 fully saturated rings. The Bertz CT molecular complexity index is 1230. The van der Waals surface area contributed by atoms with E-state index in [1.54, 1.807) is 0 Å². The number of nitrogens with zero attached hydrogens (tertiary/aromatic N) is 1. The van der Waals surface area contributed by atoms with Gasteiger partial charge in [0.2, 0.25) is 11.8 Å². The third-order valence-electron chi connectivity index (χ3n) is 6.69. The minimum Gasteiger partial charge on any atom is -0.349 e. The molecule has 3 aliphatic rings. The first-order valence-electron chi connectivity index (χ1n) is 11.8. The van der Waals surface area contributed by atoms with Crippen molar-refractivity contribution in [3.63, 3.8) is 0 Å². The van der Waals surface area contributed by atoms with E-state index in [2.05, 4.69) is 74.8 Å². The molecule has 0 atom stereocenters. The molecule has 4 nitrogen and oxygen atoms in total. The minimum absolute atomic E-state index is 0.0441. The molecule has 34 heavy (non-hydrogen) atoms. The lowest BCUT2D eigenvalue weighted by molar-refractivity contribution is -0.125. The number of benzene rings is 2. The highest BCUT2D eigenvalue weighted by Gasteiger charge is 2.28. The van der Waals surface area contributed by atoms with Gasteiger partial charge in [-0.25, -0.2) is 0 Å². The predicted octanol–water partition coefficient (Wildman–Crippen LogP) is 4.96. The third kappa shape index (κ3) is 5.12. The average molecular weight is 453 g/mol. The molecule has 174 valence electrons. The molecule has 2 aliphatic carbocycles. The summed E-state index contributed by atoms with van der Waals surface area (Å²) < 4.78 is 0. The van der Waals surface area contributed by atoms with E-state index in [4.69, 9.17) is 0 Å². The Kier molecular flexibility index (Phi) is 6.97. The van der Waals surface area contributed by atoms with E-state index in [9.17, 15) is 9.59 Å². The van der Waals surface area contributed by atoms with Gasteiger partial charge in [-0.2, -0.15) is 0 Å². The van der Waals surface area contributed by atoms with Crippen LogP contribution >= 0.6 is 0 Å². The average Bonchev–Trinajstić information content (AvgIpc) is 3.42. The van der Waals surface area contributed by atoms with Crippen molar-refractivity contribution in [1.29, 1.82) is 0 Å². The van der Waals surface area contributed by atoms with Gasteiger partial charge in [-0.05, 0) is 78.7 Å². The molecule has 0 bridgehead atoms. The summed E-state index contributed by atoms with van der Waals surface area (Å²) in [4.78, 5) is 24.7. The van der Waals surface area contributed by atoms with Crippen molar-refractivity contribution in [1.82, 2.24) is 10.2 Å². The first-order valence-corrected chi connectivity index (χ1v) is 11.8. The SMILES string of the molecule is C=CC(=O)N1CCC2=C(C1)c1cc(C)ccc1C2.C=CC(=O)NCC1=Cc2cc(C)ccc2C1. The number of hydrogen-bond acceptors (Lipinski definition) is 2. The second-order valence-electron chi connectivity index (χ2n) is 9.24. The van der Waals surface area contributed by atoms with Gasteiger partial charge in [0.15, 0.2) is 0 Å². The van der Waals surface area contributed by atoms with Crippen molar-refractivity contribution < 1.29 is 9.59 Å². The molecule has 1 heterocycles. The van der Waals surface area contributed by atoms with Gasteiger partial charge >= 0.3 is 0 Å². The standard InChI is InChI=1S/C16H17NO.C14H15NO/c1-3-16(18)17-7-6-13-9-12-5-4-11(2)8-14(12)15(13)10-17;1-3-14(16)15-9-11-7-12-5-4-10(2)6-13(12)8-11/h3-5,8H,1,6-7,9-10H2,2H3;3-6,8H,1,7,9H2,2H3,(H,15,16). The molecule has 2 aromatic carbocycles. The summed E-state index contributed by atoms with van der Waals surface area (Å²) in [5.41, 5.74) is 12.1. The number of rotatable bonds is 4. The molecule has 0 spiro atoms. The molecule has 0 radical (unpaired) electrons. The molecule has 0 unspecified atom stereocenters. The lowest BCUT2D eigenvalue weighted by atomic mass is 9.99. The molecule has 5 rings (SSSR count).